The van der Waals surface area contributed by atoms with Crippen molar-refractivity contribution in [2.45, 2.75) is 51.3 Å². The van der Waals surface area contributed by atoms with Gasteiger partial charge in [0.25, 0.3) is 0 Å². The lowest BCUT2D eigenvalue weighted by Gasteiger charge is -2.26. The second-order valence-corrected chi connectivity index (χ2v) is 12.4. The molecular weight excluding hydrogens is 572 g/mol. The number of hydrogen-bond donors (Lipinski definition) is 4. The fourth-order valence-corrected chi connectivity index (χ4v) is 7.35. The van der Waals surface area contributed by atoms with Crippen LogP contribution >= 0.6 is 0 Å². The Hall–Kier alpha value is -3.96. The minimum absolute atomic E-state index is 0.170. The summed E-state index contributed by atoms with van der Waals surface area (Å²) in [7, 11) is 0. The highest BCUT2D eigenvalue weighted by atomic mass is 32.2. The summed E-state index contributed by atoms with van der Waals surface area (Å²) in [5.74, 6) is -0.677. The maximum absolute atomic E-state index is 14.0. The van der Waals surface area contributed by atoms with E-state index in [1.165, 1.54) is 0 Å². The molecule has 0 amide bonds. The molecule has 8 nitrogen and oxygen atoms in total. The van der Waals surface area contributed by atoms with Crippen molar-refractivity contribution in [3.05, 3.63) is 104 Å². The molecule has 1 aliphatic rings. The highest BCUT2D eigenvalue weighted by Gasteiger charge is 2.34. The van der Waals surface area contributed by atoms with Crippen LogP contribution in [-0.4, -0.2) is 29.1 Å². The van der Waals surface area contributed by atoms with Gasteiger partial charge in [0, 0.05) is 22.5 Å². The summed E-state index contributed by atoms with van der Waals surface area (Å²) in [6.45, 7) is 10.7. The van der Waals surface area contributed by atoms with E-state index in [1.54, 1.807) is 76.2 Å². The number of nitrogens with one attached hydrogen (secondary N) is 2. The van der Waals surface area contributed by atoms with Crippen molar-refractivity contribution in [1.29, 1.82) is 0 Å². The minimum atomic E-state index is -2.22. The molecule has 2 unspecified atom stereocenters. The zero-order chi connectivity index (χ0) is 30.6. The highest BCUT2D eigenvalue weighted by Crippen LogP contribution is 2.41. The van der Waals surface area contributed by atoms with Gasteiger partial charge in [0.05, 0.1) is 32.3 Å². The molecule has 4 aromatic rings. The zero-order valence-corrected chi connectivity index (χ0v) is 25.6. The van der Waals surface area contributed by atoms with Gasteiger partial charge in [-0.15, -0.1) is 0 Å². The molecule has 0 saturated heterocycles. The number of ketones is 2. The first-order valence-electron chi connectivity index (χ1n) is 13.2. The number of carbonyl (C=O) groups excluding carboxylic acids is 2. The Morgan fingerprint density at radius 1 is 0.571 bits per heavy atom. The Kier molecular flexibility index (Phi) is 7.76. The van der Waals surface area contributed by atoms with E-state index in [0.717, 1.165) is 11.1 Å². The van der Waals surface area contributed by atoms with Gasteiger partial charge in [0.2, 0.25) is 0 Å². The van der Waals surface area contributed by atoms with E-state index in [0.29, 0.717) is 45.0 Å². The summed E-state index contributed by atoms with van der Waals surface area (Å²) >= 11 is -4.44. The molecule has 2 atom stereocenters. The van der Waals surface area contributed by atoms with E-state index in [2.05, 4.69) is 10.6 Å². The molecule has 1 aliphatic carbocycles. The number of hydrogen-bond acceptors (Lipinski definition) is 6. The monoisotopic (exact) mass is 602 g/mol. The van der Waals surface area contributed by atoms with E-state index in [9.17, 15) is 27.1 Å². The first kappa shape index (κ1) is 29.5. The van der Waals surface area contributed by atoms with Crippen molar-refractivity contribution >= 4 is 56.5 Å². The van der Waals surface area contributed by atoms with Gasteiger partial charge in [-0.05, 0) is 87.1 Å². The van der Waals surface area contributed by atoms with Crippen LogP contribution in [-0.2, 0) is 22.2 Å². The molecule has 0 fully saturated rings. The average Bonchev–Trinajstić information content (AvgIpc) is 2.91. The van der Waals surface area contributed by atoms with Crippen LogP contribution < -0.4 is 10.6 Å². The number of carbonyl (C=O) groups is 2. The molecule has 5 rings (SSSR count). The van der Waals surface area contributed by atoms with Crippen LogP contribution in [0, 0.1) is 41.5 Å². The minimum Gasteiger partial charge on any atom is -0.354 e. The molecule has 0 saturated carbocycles. The first-order valence-corrected chi connectivity index (χ1v) is 15.4. The Morgan fingerprint density at radius 3 is 1.26 bits per heavy atom. The summed E-state index contributed by atoms with van der Waals surface area (Å²) in [6, 6.07) is 13.6. The fraction of sp³-hybridized carbons (Fsp3) is 0.188. The van der Waals surface area contributed by atoms with Crippen LogP contribution in [0.3, 0.4) is 0 Å². The van der Waals surface area contributed by atoms with Gasteiger partial charge in [-0.25, -0.2) is 8.42 Å². The first-order chi connectivity index (χ1) is 19.8. The Morgan fingerprint density at radius 2 is 0.929 bits per heavy atom. The van der Waals surface area contributed by atoms with Gasteiger partial charge < -0.3 is 19.7 Å². The quantitative estimate of drug-likeness (QED) is 0.153. The van der Waals surface area contributed by atoms with Gasteiger partial charge >= 0.3 is 0 Å². The SMILES string of the molecule is Cc1cc(C)c(S(=O)O)c(C)c1Nc1ccc(Nc2c(C)cc(C)c(S(=O)O)c2C)c2c1C(=O)c1ccccc1C2=O. The van der Waals surface area contributed by atoms with Crippen LogP contribution in [0.4, 0.5) is 22.7 Å². The molecule has 4 N–H and O–H groups in total. The lowest BCUT2D eigenvalue weighted by molar-refractivity contribution is 0.0980. The second kappa shape index (κ2) is 11.0. The van der Waals surface area contributed by atoms with Gasteiger partial charge in [-0.2, -0.15) is 0 Å². The molecule has 0 aliphatic heterocycles. The van der Waals surface area contributed by atoms with Crippen LogP contribution in [0.25, 0.3) is 0 Å². The van der Waals surface area contributed by atoms with E-state index >= 15 is 0 Å². The van der Waals surface area contributed by atoms with Crippen LogP contribution in [0.2, 0.25) is 0 Å². The van der Waals surface area contributed by atoms with E-state index in [4.69, 9.17) is 0 Å². The third-order valence-electron chi connectivity index (χ3n) is 7.75. The standard InChI is InChI=1S/C32H30N2O6S2/c1-15-13-17(3)31(41(37)38)19(5)27(15)33-23-11-12-24(34-28-16(2)14-18(4)32(20(28)6)42(39)40)26-25(23)29(35)21-9-7-8-10-22(21)30(26)36/h7-14,33-34H,1-6H3,(H,37,38)(H,39,40). The maximum atomic E-state index is 14.0. The summed E-state index contributed by atoms with van der Waals surface area (Å²) < 4.78 is 44.1. The van der Waals surface area contributed by atoms with Crippen molar-refractivity contribution in [1.82, 2.24) is 0 Å². The van der Waals surface area contributed by atoms with Gasteiger partial charge in [0.15, 0.2) is 33.7 Å². The van der Waals surface area contributed by atoms with Crippen molar-refractivity contribution in [2.75, 3.05) is 10.6 Å². The highest BCUT2D eigenvalue weighted by molar-refractivity contribution is 7.79. The third-order valence-corrected chi connectivity index (χ3v) is 9.70. The molecule has 4 aromatic carbocycles. The molecule has 0 radical (unpaired) electrons. The van der Waals surface area contributed by atoms with Crippen LogP contribution in [0.5, 0.6) is 0 Å². The smallest absolute Gasteiger partial charge is 0.196 e. The molecule has 0 heterocycles. The number of fused-ring (bicyclic) bond motifs is 2. The van der Waals surface area contributed by atoms with Crippen molar-refractivity contribution in [2.24, 2.45) is 0 Å². The fourth-order valence-electron chi connectivity index (χ4n) is 5.96. The van der Waals surface area contributed by atoms with E-state index < -0.39 is 22.2 Å². The summed E-state index contributed by atoms with van der Waals surface area (Å²) in [5.41, 5.74) is 6.88. The van der Waals surface area contributed by atoms with Crippen molar-refractivity contribution in [3.8, 4) is 0 Å². The largest absolute Gasteiger partial charge is 0.354 e. The summed E-state index contributed by atoms with van der Waals surface area (Å²) in [5, 5.41) is 6.60. The Balaban J connectivity index is 1.74. The second-order valence-electron chi connectivity index (χ2n) is 10.5. The molecule has 216 valence electrons. The number of rotatable bonds is 6. The van der Waals surface area contributed by atoms with Gasteiger partial charge in [-0.1, -0.05) is 36.4 Å². The number of anilines is 4. The van der Waals surface area contributed by atoms with E-state index in [-0.39, 0.29) is 43.6 Å². The summed E-state index contributed by atoms with van der Waals surface area (Å²) in [6.07, 6.45) is 0. The molecule has 0 spiro atoms. The van der Waals surface area contributed by atoms with Gasteiger partial charge in [-0.3, -0.25) is 9.59 Å². The average molecular weight is 603 g/mol. The maximum Gasteiger partial charge on any atom is 0.196 e. The predicted octanol–water partition coefficient (Wildman–Crippen LogP) is 6.96. The van der Waals surface area contributed by atoms with Crippen LogP contribution in [0.1, 0.15) is 65.2 Å². The lowest BCUT2D eigenvalue weighted by Crippen LogP contribution is -2.23. The topological polar surface area (TPSA) is 133 Å². The van der Waals surface area contributed by atoms with E-state index in [1.807, 2.05) is 13.8 Å². The molecule has 42 heavy (non-hydrogen) atoms. The third kappa shape index (κ3) is 4.80. The Bertz CT molecular complexity index is 1760. The molecular formula is C32H30N2O6S2. The summed E-state index contributed by atoms with van der Waals surface area (Å²) in [4.78, 5) is 28.6. The zero-order valence-electron chi connectivity index (χ0n) is 24.0. The number of benzene rings is 4. The Labute approximate surface area is 249 Å². The molecule has 0 bridgehead atoms. The van der Waals surface area contributed by atoms with Crippen molar-refractivity contribution < 1.29 is 27.1 Å². The normalized spacial score (nSPS) is 13.8. The predicted molar refractivity (Wildman–Crippen MR) is 166 cm³/mol. The van der Waals surface area contributed by atoms with Gasteiger partial charge in [0.1, 0.15) is 0 Å². The van der Waals surface area contributed by atoms with Crippen molar-refractivity contribution in [3.63, 3.8) is 0 Å². The molecule has 0 aromatic heterocycles. The molecule has 10 heteroatoms. The number of aryl methyl sites for hydroxylation is 4. The van der Waals surface area contributed by atoms with Crippen LogP contribution in [0.15, 0.2) is 58.3 Å². The lowest BCUT2D eigenvalue weighted by atomic mass is 9.82.